The quantitative estimate of drug-likeness (QED) is 0.549. The molecular weight excluding hydrogens is 378 g/mol. The second-order valence-corrected chi connectivity index (χ2v) is 6.19. The van der Waals surface area contributed by atoms with Gasteiger partial charge in [-0.15, -0.1) is 0 Å². The molecule has 2 heterocycles. The first-order chi connectivity index (χ1) is 14.1. The van der Waals surface area contributed by atoms with E-state index in [1.54, 1.807) is 24.4 Å². The molecular formula is C21H14F2N4O2. The summed E-state index contributed by atoms with van der Waals surface area (Å²) >= 11 is 0. The number of hydrogen-bond donors (Lipinski definition) is 1. The fourth-order valence-electron chi connectivity index (χ4n) is 2.81. The summed E-state index contributed by atoms with van der Waals surface area (Å²) in [6.45, 7) is 0. The number of benzene rings is 2. The lowest BCUT2D eigenvalue weighted by Gasteiger charge is -2.06. The van der Waals surface area contributed by atoms with Crippen molar-refractivity contribution in [3.05, 3.63) is 84.3 Å². The highest BCUT2D eigenvalue weighted by Gasteiger charge is 2.22. The van der Waals surface area contributed by atoms with Crippen LogP contribution in [-0.4, -0.2) is 21.0 Å². The van der Waals surface area contributed by atoms with Gasteiger partial charge in [-0.2, -0.15) is 0 Å². The normalized spacial score (nSPS) is 10.7. The van der Waals surface area contributed by atoms with E-state index in [1.807, 2.05) is 0 Å². The molecule has 0 saturated carbocycles. The van der Waals surface area contributed by atoms with Crippen molar-refractivity contribution >= 4 is 11.8 Å². The van der Waals surface area contributed by atoms with Gasteiger partial charge in [0.05, 0.1) is 17.7 Å². The lowest BCUT2D eigenvalue weighted by molar-refractivity contribution is -0.115. The van der Waals surface area contributed by atoms with Gasteiger partial charge in [-0.05, 0) is 48.0 Å². The van der Waals surface area contributed by atoms with Crippen LogP contribution < -0.4 is 5.32 Å². The summed E-state index contributed by atoms with van der Waals surface area (Å²) in [5, 5.41) is 6.72. The molecule has 0 fully saturated rings. The molecule has 144 valence electrons. The first kappa shape index (κ1) is 18.4. The Bertz CT molecular complexity index is 1130. The van der Waals surface area contributed by atoms with Crippen molar-refractivity contribution in [2.45, 2.75) is 6.42 Å². The molecule has 2 aromatic heterocycles. The molecule has 0 aliphatic rings. The van der Waals surface area contributed by atoms with E-state index >= 15 is 0 Å². The second-order valence-electron chi connectivity index (χ2n) is 6.19. The van der Waals surface area contributed by atoms with Crippen molar-refractivity contribution in [3.8, 4) is 22.5 Å². The van der Waals surface area contributed by atoms with Crippen LogP contribution in [0.25, 0.3) is 22.5 Å². The number of aromatic nitrogens is 3. The Labute approximate surface area is 164 Å². The predicted octanol–water partition coefficient (Wildman–Crippen LogP) is 4.26. The van der Waals surface area contributed by atoms with Crippen molar-refractivity contribution < 1.29 is 18.1 Å². The number of nitrogens with zero attached hydrogens (tertiary/aromatic N) is 3. The number of carbonyl (C=O) groups excluding carboxylic acids is 1. The fourth-order valence-corrected chi connectivity index (χ4v) is 2.81. The first-order valence-corrected chi connectivity index (χ1v) is 8.66. The number of carbonyl (C=O) groups is 1. The van der Waals surface area contributed by atoms with Gasteiger partial charge >= 0.3 is 0 Å². The van der Waals surface area contributed by atoms with E-state index in [0.717, 1.165) is 0 Å². The minimum atomic E-state index is -0.381. The Balaban J connectivity index is 1.67. The van der Waals surface area contributed by atoms with E-state index in [9.17, 15) is 13.6 Å². The van der Waals surface area contributed by atoms with Crippen LogP contribution in [0.3, 0.4) is 0 Å². The highest BCUT2D eigenvalue weighted by molar-refractivity contribution is 5.97. The summed E-state index contributed by atoms with van der Waals surface area (Å²) in [6, 6.07) is 13.0. The molecule has 8 heteroatoms. The maximum atomic E-state index is 13.3. The van der Waals surface area contributed by atoms with Gasteiger partial charge in [0.25, 0.3) is 0 Å². The Morgan fingerprint density at radius 1 is 0.966 bits per heavy atom. The Morgan fingerprint density at radius 3 is 2.31 bits per heavy atom. The maximum absolute atomic E-state index is 13.3. The molecule has 1 amide bonds. The van der Waals surface area contributed by atoms with Gasteiger partial charge in [0, 0.05) is 11.8 Å². The van der Waals surface area contributed by atoms with E-state index < -0.39 is 0 Å². The minimum absolute atomic E-state index is 0.0239. The van der Waals surface area contributed by atoms with E-state index in [1.165, 1.54) is 42.7 Å². The fraction of sp³-hybridized carbons (Fsp3) is 0.0476. The zero-order valence-corrected chi connectivity index (χ0v) is 15.0. The molecule has 0 aliphatic heterocycles. The average molecular weight is 392 g/mol. The van der Waals surface area contributed by atoms with E-state index in [0.29, 0.717) is 28.1 Å². The van der Waals surface area contributed by atoms with Crippen LogP contribution in [0.1, 0.15) is 5.56 Å². The van der Waals surface area contributed by atoms with Gasteiger partial charge in [-0.3, -0.25) is 10.1 Å². The van der Waals surface area contributed by atoms with Crippen LogP contribution in [-0.2, 0) is 11.2 Å². The third kappa shape index (κ3) is 4.16. The van der Waals surface area contributed by atoms with Crippen LogP contribution in [0.15, 0.2) is 71.6 Å². The maximum Gasteiger partial charge on any atom is 0.241 e. The van der Waals surface area contributed by atoms with E-state index in [4.69, 9.17) is 4.52 Å². The summed E-state index contributed by atoms with van der Waals surface area (Å²) in [4.78, 5) is 20.6. The zero-order chi connectivity index (χ0) is 20.2. The number of hydrogen-bond acceptors (Lipinski definition) is 5. The van der Waals surface area contributed by atoms with E-state index in [2.05, 4.69) is 20.4 Å². The van der Waals surface area contributed by atoms with Gasteiger partial charge in [0.1, 0.15) is 23.7 Å². The van der Waals surface area contributed by atoms with Crippen LogP contribution in [0.2, 0.25) is 0 Å². The second kappa shape index (κ2) is 7.97. The van der Waals surface area contributed by atoms with E-state index in [-0.39, 0.29) is 29.8 Å². The largest absolute Gasteiger partial charge is 0.337 e. The minimum Gasteiger partial charge on any atom is -0.337 e. The summed E-state index contributed by atoms with van der Waals surface area (Å²) in [5.41, 5.74) is 2.58. The smallest absolute Gasteiger partial charge is 0.241 e. The molecule has 0 bridgehead atoms. The molecule has 4 aromatic rings. The Hall–Kier alpha value is -3.94. The van der Waals surface area contributed by atoms with Crippen LogP contribution >= 0.6 is 0 Å². The summed E-state index contributed by atoms with van der Waals surface area (Å²) in [7, 11) is 0. The van der Waals surface area contributed by atoms with Gasteiger partial charge < -0.3 is 4.52 Å². The molecule has 4 rings (SSSR count). The number of nitrogens with one attached hydrogen (secondary N) is 1. The van der Waals surface area contributed by atoms with Gasteiger partial charge in [0.2, 0.25) is 11.8 Å². The van der Waals surface area contributed by atoms with Crippen molar-refractivity contribution in [3.63, 3.8) is 0 Å². The lowest BCUT2D eigenvalue weighted by atomic mass is 10.0. The zero-order valence-electron chi connectivity index (χ0n) is 15.0. The molecule has 0 atom stereocenters. The standard InChI is InChI=1S/C21H14F2N4O2/c22-15-5-1-13(2-6-15)11-18(28)26-21-19(17-9-10-24-12-25-17)20(27-29-21)14-3-7-16(23)8-4-14/h1-10,12H,11H2,(H,26,28). The summed E-state index contributed by atoms with van der Waals surface area (Å²) in [5.74, 6) is -1.02. The Kier molecular flexibility index (Phi) is 5.07. The molecule has 2 aromatic carbocycles. The first-order valence-electron chi connectivity index (χ1n) is 8.66. The number of anilines is 1. The number of halogens is 2. The third-order valence-electron chi connectivity index (χ3n) is 4.18. The molecule has 0 unspecified atom stereocenters. The predicted molar refractivity (Wildman–Crippen MR) is 102 cm³/mol. The van der Waals surface area contributed by atoms with Crippen LogP contribution in [0, 0.1) is 11.6 Å². The molecule has 6 nitrogen and oxygen atoms in total. The van der Waals surface area contributed by atoms with Crippen molar-refractivity contribution in [2.75, 3.05) is 5.32 Å². The Morgan fingerprint density at radius 2 is 1.66 bits per heavy atom. The van der Waals surface area contributed by atoms with Gasteiger partial charge in [0.15, 0.2) is 0 Å². The highest BCUT2D eigenvalue weighted by Crippen LogP contribution is 2.36. The van der Waals surface area contributed by atoms with Gasteiger partial charge in [-0.1, -0.05) is 17.3 Å². The molecule has 0 radical (unpaired) electrons. The van der Waals surface area contributed by atoms with Gasteiger partial charge in [-0.25, -0.2) is 18.7 Å². The van der Waals surface area contributed by atoms with Crippen molar-refractivity contribution in [1.82, 2.24) is 15.1 Å². The molecule has 0 saturated heterocycles. The molecule has 29 heavy (non-hydrogen) atoms. The summed E-state index contributed by atoms with van der Waals surface area (Å²) < 4.78 is 31.7. The van der Waals surface area contributed by atoms with Crippen LogP contribution in [0.4, 0.5) is 14.7 Å². The third-order valence-corrected chi connectivity index (χ3v) is 4.18. The van der Waals surface area contributed by atoms with Crippen molar-refractivity contribution in [2.24, 2.45) is 0 Å². The topological polar surface area (TPSA) is 80.9 Å². The average Bonchev–Trinajstić information content (AvgIpc) is 3.14. The molecule has 0 spiro atoms. The summed E-state index contributed by atoms with van der Waals surface area (Å²) in [6.07, 6.45) is 2.94. The van der Waals surface area contributed by atoms with Crippen molar-refractivity contribution in [1.29, 1.82) is 0 Å². The molecule has 1 N–H and O–H groups in total. The molecule has 0 aliphatic carbocycles. The highest BCUT2D eigenvalue weighted by atomic mass is 19.1. The number of rotatable bonds is 5. The lowest BCUT2D eigenvalue weighted by Crippen LogP contribution is -2.14. The number of amides is 1. The monoisotopic (exact) mass is 392 g/mol. The van der Waals surface area contributed by atoms with Crippen LogP contribution in [0.5, 0.6) is 0 Å². The SMILES string of the molecule is O=C(Cc1ccc(F)cc1)Nc1onc(-c2ccc(F)cc2)c1-c1ccncn1.